The average Bonchev–Trinajstić information content (AvgIpc) is 2.72. The molecule has 1 aromatic rings. The molecule has 1 atom stereocenters. The first-order valence-corrected chi connectivity index (χ1v) is 6.30. The molecule has 0 radical (unpaired) electrons. The second kappa shape index (κ2) is 5.37. The van der Waals surface area contributed by atoms with E-state index in [4.69, 9.17) is 0 Å². The van der Waals surface area contributed by atoms with Crippen LogP contribution in [0.4, 0.5) is 0 Å². The lowest BCUT2D eigenvalue weighted by Crippen LogP contribution is -2.23. The van der Waals surface area contributed by atoms with Gasteiger partial charge in [0.15, 0.2) is 0 Å². The Morgan fingerprint density at radius 2 is 2.29 bits per heavy atom. The summed E-state index contributed by atoms with van der Waals surface area (Å²) in [6.45, 7) is 1.21. The van der Waals surface area contributed by atoms with E-state index in [1.165, 1.54) is 30.7 Å². The Labute approximate surface area is 89.5 Å². The summed E-state index contributed by atoms with van der Waals surface area (Å²) in [6.07, 6.45) is 6.43. The summed E-state index contributed by atoms with van der Waals surface area (Å²) in [7, 11) is 0. The van der Waals surface area contributed by atoms with Crippen molar-refractivity contribution < 1.29 is 0 Å². The quantitative estimate of drug-likeness (QED) is 0.820. The molecule has 1 aliphatic heterocycles. The van der Waals surface area contributed by atoms with Gasteiger partial charge in [0.2, 0.25) is 0 Å². The van der Waals surface area contributed by atoms with Crippen molar-refractivity contribution in [3.05, 3.63) is 30.1 Å². The van der Waals surface area contributed by atoms with Crippen LogP contribution in [0.3, 0.4) is 0 Å². The SMILES string of the molecule is c1cc(CSC[C@@H]2CCCN2)ccn1. The van der Waals surface area contributed by atoms with Gasteiger partial charge < -0.3 is 5.32 Å². The van der Waals surface area contributed by atoms with Crippen LogP contribution in [0.1, 0.15) is 18.4 Å². The molecule has 0 amide bonds. The van der Waals surface area contributed by atoms with Crippen LogP contribution in [0, 0.1) is 0 Å². The van der Waals surface area contributed by atoms with Crippen LogP contribution in [-0.4, -0.2) is 23.3 Å². The van der Waals surface area contributed by atoms with E-state index in [-0.39, 0.29) is 0 Å². The van der Waals surface area contributed by atoms with Gasteiger partial charge in [-0.15, -0.1) is 0 Å². The number of rotatable bonds is 4. The lowest BCUT2D eigenvalue weighted by molar-refractivity contribution is 0.674. The van der Waals surface area contributed by atoms with Crippen LogP contribution in [0.5, 0.6) is 0 Å². The molecule has 0 saturated carbocycles. The fourth-order valence-corrected chi connectivity index (χ4v) is 2.81. The molecule has 0 unspecified atom stereocenters. The molecule has 1 aliphatic rings. The van der Waals surface area contributed by atoms with Gasteiger partial charge in [0.05, 0.1) is 0 Å². The van der Waals surface area contributed by atoms with Crippen molar-refractivity contribution in [2.75, 3.05) is 12.3 Å². The van der Waals surface area contributed by atoms with Crippen LogP contribution < -0.4 is 5.32 Å². The zero-order valence-corrected chi connectivity index (χ0v) is 9.09. The molecule has 0 bridgehead atoms. The predicted octanol–water partition coefficient (Wildman–Crippen LogP) is 2.07. The lowest BCUT2D eigenvalue weighted by Gasteiger charge is -2.08. The summed E-state index contributed by atoms with van der Waals surface area (Å²) >= 11 is 2.01. The van der Waals surface area contributed by atoms with Gasteiger partial charge in [-0.3, -0.25) is 4.98 Å². The third kappa shape index (κ3) is 3.00. The van der Waals surface area contributed by atoms with Crippen LogP contribution in [0.15, 0.2) is 24.5 Å². The highest BCUT2D eigenvalue weighted by Gasteiger charge is 2.13. The summed E-state index contributed by atoms with van der Waals surface area (Å²) in [5.41, 5.74) is 1.38. The second-order valence-corrected chi connectivity index (χ2v) is 4.69. The number of nitrogens with one attached hydrogen (secondary N) is 1. The topological polar surface area (TPSA) is 24.9 Å². The zero-order valence-electron chi connectivity index (χ0n) is 8.28. The summed E-state index contributed by atoms with van der Waals surface area (Å²) < 4.78 is 0. The van der Waals surface area contributed by atoms with E-state index in [0.29, 0.717) is 0 Å². The van der Waals surface area contributed by atoms with E-state index in [2.05, 4.69) is 22.4 Å². The number of thioether (sulfide) groups is 1. The Bertz CT molecular complexity index is 257. The Balaban J connectivity index is 1.67. The molecular formula is C11H16N2S. The Morgan fingerprint density at radius 1 is 1.43 bits per heavy atom. The van der Waals surface area contributed by atoms with Crippen molar-refractivity contribution in [3.8, 4) is 0 Å². The summed E-state index contributed by atoms with van der Waals surface area (Å²) in [5, 5.41) is 3.51. The molecule has 2 nitrogen and oxygen atoms in total. The molecule has 0 aromatic carbocycles. The summed E-state index contributed by atoms with van der Waals surface area (Å²) in [5.74, 6) is 2.35. The van der Waals surface area contributed by atoms with Gasteiger partial charge in [-0.2, -0.15) is 11.8 Å². The smallest absolute Gasteiger partial charge is 0.0270 e. The Hall–Kier alpha value is -0.540. The van der Waals surface area contributed by atoms with Gasteiger partial charge in [-0.25, -0.2) is 0 Å². The predicted molar refractivity (Wildman–Crippen MR) is 61.4 cm³/mol. The highest BCUT2D eigenvalue weighted by atomic mass is 32.2. The highest BCUT2D eigenvalue weighted by Crippen LogP contribution is 2.16. The van der Waals surface area contributed by atoms with E-state index in [9.17, 15) is 0 Å². The van der Waals surface area contributed by atoms with Crippen LogP contribution >= 0.6 is 11.8 Å². The van der Waals surface area contributed by atoms with Crippen molar-refractivity contribution in [1.82, 2.24) is 10.3 Å². The standard InChI is InChI=1S/C11H16N2S/c1-2-11(13-5-1)9-14-8-10-3-6-12-7-4-10/h3-4,6-7,11,13H,1-2,5,8-9H2/t11-/m0/s1. The normalized spacial score (nSPS) is 21.3. The van der Waals surface area contributed by atoms with Crippen molar-refractivity contribution in [2.45, 2.75) is 24.6 Å². The average molecular weight is 208 g/mol. The maximum absolute atomic E-state index is 4.01. The molecule has 3 heteroatoms. The maximum Gasteiger partial charge on any atom is 0.0270 e. The third-order valence-electron chi connectivity index (χ3n) is 2.50. The van der Waals surface area contributed by atoms with E-state index in [1.807, 2.05) is 24.2 Å². The Morgan fingerprint density at radius 3 is 3.00 bits per heavy atom. The molecule has 1 fully saturated rings. The molecule has 1 N–H and O–H groups in total. The minimum Gasteiger partial charge on any atom is -0.313 e. The molecule has 2 heterocycles. The lowest BCUT2D eigenvalue weighted by atomic mass is 10.3. The van der Waals surface area contributed by atoms with Gasteiger partial charge in [0.25, 0.3) is 0 Å². The summed E-state index contributed by atoms with van der Waals surface area (Å²) in [6, 6.07) is 4.94. The van der Waals surface area contributed by atoms with Crippen molar-refractivity contribution in [2.24, 2.45) is 0 Å². The van der Waals surface area contributed by atoms with Crippen molar-refractivity contribution >= 4 is 11.8 Å². The second-order valence-electron chi connectivity index (χ2n) is 3.66. The molecule has 1 saturated heterocycles. The molecular weight excluding hydrogens is 192 g/mol. The third-order valence-corrected chi connectivity index (χ3v) is 3.68. The molecule has 2 rings (SSSR count). The number of aromatic nitrogens is 1. The monoisotopic (exact) mass is 208 g/mol. The summed E-state index contributed by atoms with van der Waals surface area (Å²) in [4.78, 5) is 4.01. The van der Waals surface area contributed by atoms with Crippen molar-refractivity contribution in [1.29, 1.82) is 0 Å². The minimum absolute atomic E-state index is 0.752. The number of nitrogens with zero attached hydrogens (tertiary/aromatic N) is 1. The Kier molecular flexibility index (Phi) is 3.83. The molecule has 0 spiro atoms. The van der Waals surface area contributed by atoms with Crippen LogP contribution in [0.25, 0.3) is 0 Å². The van der Waals surface area contributed by atoms with Gasteiger partial charge in [0.1, 0.15) is 0 Å². The minimum atomic E-state index is 0.752. The first-order chi connectivity index (χ1) is 6.95. The number of hydrogen-bond acceptors (Lipinski definition) is 3. The fraction of sp³-hybridized carbons (Fsp3) is 0.545. The maximum atomic E-state index is 4.01. The van der Waals surface area contributed by atoms with Crippen LogP contribution in [-0.2, 0) is 5.75 Å². The molecule has 1 aromatic heterocycles. The highest BCUT2D eigenvalue weighted by molar-refractivity contribution is 7.98. The zero-order chi connectivity index (χ0) is 9.64. The molecule has 76 valence electrons. The largest absolute Gasteiger partial charge is 0.313 e. The first-order valence-electron chi connectivity index (χ1n) is 5.15. The fourth-order valence-electron chi connectivity index (χ4n) is 1.70. The molecule has 0 aliphatic carbocycles. The molecule has 14 heavy (non-hydrogen) atoms. The van der Waals surface area contributed by atoms with Crippen LogP contribution in [0.2, 0.25) is 0 Å². The van der Waals surface area contributed by atoms with Crippen molar-refractivity contribution in [3.63, 3.8) is 0 Å². The van der Waals surface area contributed by atoms with E-state index in [1.54, 1.807) is 0 Å². The van der Waals surface area contributed by atoms with E-state index < -0.39 is 0 Å². The van der Waals surface area contributed by atoms with Gasteiger partial charge in [-0.1, -0.05) is 0 Å². The number of pyridine rings is 1. The van der Waals surface area contributed by atoms with E-state index in [0.717, 1.165) is 11.8 Å². The number of hydrogen-bond donors (Lipinski definition) is 1. The van der Waals surface area contributed by atoms with Gasteiger partial charge >= 0.3 is 0 Å². The first kappa shape index (κ1) is 9.99. The van der Waals surface area contributed by atoms with Gasteiger partial charge in [-0.05, 0) is 37.1 Å². The van der Waals surface area contributed by atoms with Gasteiger partial charge in [0, 0.05) is 29.9 Å². The van der Waals surface area contributed by atoms with E-state index >= 15 is 0 Å².